The number of nitrogens with zero attached hydrogens (tertiary/aromatic N) is 7. The predicted octanol–water partition coefficient (Wildman–Crippen LogP) is 2.23. The summed E-state index contributed by atoms with van der Waals surface area (Å²) in [6.45, 7) is 4.93. The topological polar surface area (TPSA) is 70.4 Å². The van der Waals surface area contributed by atoms with E-state index in [2.05, 4.69) is 49.6 Å². The molecule has 8 heteroatoms. The van der Waals surface area contributed by atoms with E-state index in [1.54, 1.807) is 4.68 Å². The van der Waals surface area contributed by atoms with Crippen molar-refractivity contribution in [2.75, 3.05) is 49.1 Å². The van der Waals surface area contributed by atoms with Gasteiger partial charge in [0.25, 0.3) is 0 Å². The Bertz CT molecular complexity index is 991. The fourth-order valence-corrected chi connectivity index (χ4v) is 4.52. The molecule has 8 nitrogen and oxygen atoms in total. The number of amides is 1. The van der Waals surface area contributed by atoms with E-state index in [0.717, 1.165) is 63.7 Å². The quantitative estimate of drug-likeness (QED) is 0.648. The maximum atomic E-state index is 13.1. The van der Waals surface area contributed by atoms with E-state index in [9.17, 15) is 4.79 Å². The van der Waals surface area contributed by atoms with Crippen molar-refractivity contribution in [3.8, 4) is 5.69 Å². The van der Waals surface area contributed by atoms with E-state index in [-0.39, 0.29) is 5.92 Å². The van der Waals surface area contributed by atoms with E-state index >= 15 is 0 Å². The van der Waals surface area contributed by atoms with Gasteiger partial charge in [-0.25, -0.2) is 0 Å². The summed E-state index contributed by atoms with van der Waals surface area (Å²) in [6, 6.07) is 20.3. The highest BCUT2D eigenvalue weighted by Gasteiger charge is 2.32. The lowest BCUT2D eigenvalue weighted by Crippen LogP contribution is -2.51. The molecule has 2 aromatic carbocycles. The van der Waals surface area contributed by atoms with Crippen LogP contribution in [0.1, 0.15) is 12.8 Å². The Morgan fingerprint density at radius 2 is 1.35 bits per heavy atom. The number of anilines is 2. The summed E-state index contributed by atoms with van der Waals surface area (Å²) in [6.07, 6.45) is 1.67. The van der Waals surface area contributed by atoms with Crippen molar-refractivity contribution in [2.24, 2.45) is 5.92 Å². The lowest BCUT2D eigenvalue weighted by Gasteiger charge is -2.39. The van der Waals surface area contributed by atoms with Crippen LogP contribution in [0.4, 0.5) is 11.6 Å². The number of rotatable bonds is 4. The average molecular weight is 418 g/mol. The molecule has 2 aliphatic rings. The van der Waals surface area contributed by atoms with Crippen LogP contribution in [0, 0.1) is 5.92 Å². The van der Waals surface area contributed by atoms with Gasteiger partial charge in [-0.3, -0.25) is 4.79 Å². The Hall–Kier alpha value is -3.42. The zero-order valence-electron chi connectivity index (χ0n) is 17.5. The molecule has 0 atom stereocenters. The number of tetrazole rings is 1. The van der Waals surface area contributed by atoms with Crippen molar-refractivity contribution in [3.05, 3.63) is 60.7 Å². The maximum absolute atomic E-state index is 13.1. The van der Waals surface area contributed by atoms with Crippen LogP contribution in [0.15, 0.2) is 60.7 Å². The van der Waals surface area contributed by atoms with Crippen LogP contribution < -0.4 is 9.80 Å². The normalized spacial score (nSPS) is 17.7. The largest absolute Gasteiger partial charge is 0.368 e. The van der Waals surface area contributed by atoms with Crippen LogP contribution in [0.3, 0.4) is 0 Å². The van der Waals surface area contributed by atoms with Crippen LogP contribution in [0.25, 0.3) is 5.69 Å². The molecule has 0 N–H and O–H groups in total. The summed E-state index contributed by atoms with van der Waals surface area (Å²) in [5.74, 6) is 1.13. The van der Waals surface area contributed by atoms with Gasteiger partial charge in [0.1, 0.15) is 0 Å². The molecule has 0 radical (unpaired) electrons. The molecule has 31 heavy (non-hydrogen) atoms. The Kier molecular flexibility index (Phi) is 5.52. The third kappa shape index (κ3) is 4.10. The van der Waals surface area contributed by atoms with Gasteiger partial charge in [0, 0.05) is 50.9 Å². The van der Waals surface area contributed by atoms with Crippen molar-refractivity contribution in [2.45, 2.75) is 12.8 Å². The molecular weight excluding hydrogens is 390 g/mol. The minimum atomic E-state index is 0.0839. The second kappa shape index (κ2) is 8.75. The molecule has 0 bridgehead atoms. The number of hydrogen-bond acceptors (Lipinski definition) is 6. The molecule has 0 aliphatic carbocycles. The number of piperazine rings is 1. The van der Waals surface area contributed by atoms with E-state index in [0.29, 0.717) is 5.91 Å². The van der Waals surface area contributed by atoms with E-state index in [4.69, 9.17) is 0 Å². The number of carbonyl (C=O) groups excluding carboxylic acids is 1. The van der Waals surface area contributed by atoms with E-state index in [1.165, 1.54) is 5.69 Å². The molecule has 2 saturated heterocycles. The molecule has 1 amide bonds. The van der Waals surface area contributed by atoms with Gasteiger partial charge in [-0.15, -0.1) is 0 Å². The summed E-state index contributed by atoms with van der Waals surface area (Å²) >= 11 is 0. The highest BCUT2D eigenvalue weighted by Crippen LogP contribution is 2.25. The summed E-state index contributed by atoms with van der Waals surface area (Å²) in [5, 5.41) is 12.3. The number of aromatic nitrogens is 4. The number of piperidine rings is 1. The summed E-state index contributed by atoms with van der Waals surface area (Å²) in [4.78, 5) is 19.7. The molecule has 3 aromatic rings. The molecule has 5 rings (SSSR count). The van der Waals surface area contributed by atoms with Crippen LogP contribution in [0.2, 0.25) is 0 Å². The number of para-hydroxylation sites is 2. The maximum Gasteiger partial charge on any atom is 0.250 e. The van der Waals surface area contributed by atoms with Crippen molar-refractivity contribution < 1.29 is 4.79 Å². The van der Waals surface area contributed by atoms with Gasteiger partial charge in [-0.2, -0.15) is 4.68 Å². The molecular formula is C23H27N7O. The lowest BCUT2D eigenvalue weighted by atomic mass is 9.95. The number of hydrogen-bond donors (Lipinski definition) is 0. The SMILES string of the molecule is O=C(C1CCN(c2nnnn2-c2ccccc2)CC1)N1CCN(c2ccccc2)CC1. The minimum absolute atomic E-state index is 0.0839. The van der Waals surface area contributed by atoms with Gasteiger partial charge in [-0.05, 0) is 47.5 Å². The Labute approximate surface area is 182 Å². The van der Waals surface area contributed by atoms with Gasteiger partial charge in [0.15, 0.2) is 0 Å². The van der Waals surface area contributed by atoms with Crippen molar-refractivity contribution in [1.29, 1.82) is 0 Å². The van der Waals surface area contributed by atoms with Gasteiger partial charge >= 0.3 is 0 Å². The smallest absolute Gasteiger partial charge is 0.250 e. The zero-order chi connectivity index (χ0) is 21.0. The Morgan fingerprint density at radius 1 is 0.742 bits per heavy atom. The molecule has 3 heterocycles. The molecule has 2 fully saturated rings. The molecule has 160 valence electrons. The first-order valence-electron chi connectivity index (χ1n) is 11.0. The van der Waals surface area contributed by atoms with Gasteiger partial charge in [0.2, 0.25) is 11.9 Å². The first-order valence-corrected chi connectivity index (χ1v) is 11.0. The van der Waals surface area contributed by atoms with Crippen LogP contribution in [0.5, 0.6) is 0 Å². The Balaban J connectivity index is 1.17. The van der Waals surface area contributed by atoms with Crippen LogP contribution >= 0.6 is 0 Å². The van der Waals surface area contributed by atoms with Gasteiger partial charge < -0.3 is 14.7 Å². The zero-order valence-corrected chi connectivity index (χ0v) is 17.5. The number of carbonyl (C=O) groups is 1. The first-order chi connectivity index (χ1) is 15.3. The Morgan fingerprint density at radius 3 is 2.00 bits per heavy atom. The molecule has 0 spiro atoms. The van der Waals surface area contributed by atoms with Crippen molar-refractivity contribution >= 4 is 17.5 Å². The molecule has 0 saturated carbocycles. The fourth-order valence-electron chi connectivity index (χ4n) is 4.52. The third-order valence-electron chi connectivity index (χ3n) is 6.29. The monoisotopic (exact) mass is 417 g/mol. The fraction of sp³-hybridized carbons (Fsp3) is 0.391. The highest BCUT2D eigenvalue weighted by atomic mass is 16.2. The van der Waals surface area contributed by atoms with E-state index < -0.39 is 0 Å². The summed E-state index contributed by atoms with van der Waals surface area (Å²) in [5.41, 5.74) is 2.18. The van der Waals surface area contributed by atoms with E-state index in [1.807, 2.05) is 41.3 Å². The van der Waals surface area contributed by atoms with Gasteiger partial charge in [-0.1, -0.05) is 41.5 Å². The predicted molar refractivity (Wildman–Crippen MR) is 119 cm³/mol. The minimum Gasteiger partial charge on any atom is -0.368 e. The van der Waals surface area contributed by atoms with Crippen LogP contribution in [-0.4, -0.2) is 70.3 Å². The third-order valence-corrected chi connectivity index (χ3v) is 6.29. The van der Waals surface area contributed by atoms with Crippen molar-refractivity contribution in [3.63, 3.8) is 0 Å². The van der Waals surface area contributed by atoms with Crippen molar-refractivity contribution in [1.82, 2.24) is 25.1 Å². The highest BCUT2D eigenvalue weighted by molar-refractivity contribution is 5.79. The lowest BCUT2D eigenvalue weighted by molar-refractivity contribution is -0.136. The second-order valence-corrected chi connectivity index (χ2v) is 8.14. The average Bonchev–Trinajstić information content (AvgIpc) is 3.35. The van der Waals surface area contributed by atoms with Crippen LogP contribution in [-0.2, 0) is 4.79 Å². The molecule has 1 aromatic heterocycles. The standard InChI is InChI=1S/C23H27N7O/c31-22(28-17-15-27(16-18-28)20-7-3-1-4-8-20)19-11-13-29(14-12-19)23-24-25-26-30(23)21-9-5-2-6-10-21/h1-10,19H,11-18H2. The molecule has 0 unspecified atom stereocenters. The molecule has 2 aliphatic heterocycles. The number of benzene rings is 2. The van der Waals surface area contributed by atoms with Gasteiger partial charge in [0.05, 0.1) is 5.69 Å². The first kappa shape index (κ1) is 19.5. The second-order valence-electron chi connectivity index (χ2n) is 8.14. The summed E-state index contributed by atoms with van der Waals surface area (Å²) in [7, 11) is 0. The summed E-state index contributed by atoms with van der Waals surface area (Å²) < 4.78 is 1.77.